The molecule has 25 heavy (non-hydrogen) atoms. The summed E-state index contributed by atoms with van der Waals surface area (Å²) in [6.07, 6.45) is 5.32. The summed E-state index contributed by atoms with van der Waals surface area (Å²) in [6.45, 7) is 9.47. The number of carbonyl (C=O) groups is 1. The molecule has 0 atom stereocenters. The molecule has 7 heteroatoms. The molecule has 1 heterocycles. The van der Waals surface area contributed by atoms with Gasteiger partial charge in [-0.3, -0.25) is 9.79 Å². The SMILES string of the molecule is CCNC(=NCCCOCC1CC1)N1CCC(C(=O)OCC)CC1.I. The Kier molecular flexibility index (Phi) is 11.4. The van der Waals surface area contributed by atoms with E-state index in [1.807, 2.05) is 6.92 Å². The van der Waals surface area contributed by atoms with Gasteiger partial charge in [-0.1, -0.05) is 0 Å². The van der Waals surface area contributed by atoms with Crippen LogP contribution in [0, 0.1) is 11.8 Å². The molecule has 0 spiro atoms. The van der Waals surface area contributed by atoms with Crippen molar-refractivity contribution in [2.24, 2.45) is 16.8 Å². The molecular weight excluding hydrogens is 433 g/mol. The third kappa shape index (κ3) is 8.57. The number of rotatable bonds is 9. The number of aliphatic imine (C=N–C) groups is 1. The van der Waals surface area contributed by atoms with Crippen molar-refractivity contribution in [1.82, 2.24) is 10.2 Å². The Morgan fingerprint density at radius 3 is 2.52 bits per heavy atom. The van der Waals surface area contributed by atoms with Crippen molar-refractivity contribution < 1.29 is 14.3 Å². The number of esters is 1. The summed E-state index contributed by atoms with van der Waals surface area (Å²) in [7, 11) is 0. The smallest absolute Gasteiger partial charge is 0.309 e. The van der Waals surface area contributed by atoms with Crippen molar-refractivity contribution in [2.75, 3.05) is 46.0 Å². The topological polar surface area (TPSA) is 63.2 Å². The zero-order valence-corrected chi connectivity index (χ0v) is 18.0. The molecule has 6 nitrogen and oxygen atoms in total. The lowest BCUT2D eigenvalue weighted by atomic mass is 9.97. The second kappa shape index (κ2) is 12.7. The quantitative estimate of drug-likeness (QED) is 0.186. The highest BCUT2D eigenvalue weighted by atomic mass is 127. The Balaban J connectivity index is 0.00000312. The van der Waals surface area contributed by atoms with Gasteiger partial charge in [0.25, 0.3) is 0 Å². The van der Waals surface area contributed by atoms with E-state index in [1.54, 1.807) is 0 Å². The molecule has 0 aromatic heterocycles. The Morgan fingerprint density at radius 1 is 1.20 bits per heavy atom. The Morgan fingerprint density at radius 2 is 1.92 bits per heavy atom. The van der Waals surface area contributed by atoms with Crippen molar-refractivity contribution in [1.29, 1.82) is 0 Å². The normalized spacial score (nSPS) is 18.6. The first-order chi connectivity index (χ1) is 11.7. The summed E-state index contributed by atoms with van der Waals surface area (Å²) < 4.78 is 10.8. The first kappa shape index (κ1) is 22.5. The van der Waals surface area contributed by atoms with E-state index in [1.165, 1.54) is 12.8 Å². The van der Waals surface area contributed by atoms with Gasteiger partial charge in [-0.2, -0.15) is 0 Å². The number of halogens is 1. The lowest BCUT2D eigenvalue weighted by Gasteiger charge is -2.33. The van der Waals surface area contributed by atoms with Gasteiger partial charge >= 0.3 is 5.97 Å². The summed E-state index contributed by atoms with van der Waals surface area (Å²) in [4.78, 5) is 18.8. The molecule has 1 saturated heterocycles. The molecule has 0 amide bonds. The highest BCUT2D eigenvalue weighted by Gasteiger charge is 2.27. The average molecular weight is 467 g/mol. The van der Waals surface area contributed by atoms with Crippen LogP contribution in [0.15, 0.2) is 4.99 Å². The monoisotopic (exact) mass is 467 g/mol. The van der Waals surface area contributed by atoms with Gasteiger partial charge in [0.15, 0.2) is 5.96 Å². The van der Waals surface area contributed by atoms with E-state index in [0.717, 1.165) is 70.5 Å². The second-order valence-corrected chi connectivity index (χ2v) is 6.62. The number of carbonyl (C=O) groups excluding carboxylic acids is 1. The van der Waals surface area contributed by atoms with Crippen molar-refractivity contribution in [3.8, 4) is 0 Å². The predicted octanol–water partition coefficient (Wildman–Crippen LogP) is 2.66. The molecule has 146 valence electrons. The summed E-state index contributed by atoms with van der Waals surface area (Å²) in [6, 6.07) is 0. The zero-order valence-electron chi connectivity index (χ0n) is 15.7. The van der Waals surface area contributed by atoms with Crippen molar-refractivity contribution in [2.45, 2.75) is 46.0 Å². The fourth-order valence-corrected chi connectivity index (χ4v) is 2.90. The van der Waals surface area contributed by atoms with Gasteiger partial charge < -0.3 is 19.7 Å². The van der Waals surface area contributed by atoms with Gasteiger partial charge in [-0.05, 0) is 51.9 Å². The number of nitrogens with zero attached hydrogens (tertiary/aromatic N) is 2. The van der Waals surface area contributed by atoms with Crippen LogP contribution in [0.5, 0.6) is 0 Å². The van der Waals surface area contributed by atoms with Gasteiger partial charge in [0.1, 0.15) is 0 Å². The lowest BCUT2D eigenvalue weighted by Crippen LogP contribution is -2.46. The Labute approximate surface area is 169 Å². The first-order valence-electron chi connectivity index (χ1n) is 9.52. The molecule has 2 aliphatic rings. The van der Waals surface area contributed by atoms with Gasteiger partial charge in [0.2, 0.25) is 0 Å². The highest BCUT2D eigenvalue weighted by molar-refractivity contribution is 14.0. The maximum Gasteiger partial charge on any atom is 0.309 e. The number of hydrogen-bond donors (Lipinski definition) is 1. The summed E-state index contributed by atoms with van der Waals surface area (Å²) >= 11 is 0. The van der Waals surface area contributed by atoms with Gasteiger partial charge in [0.05, 0.1) is 12.5 Å². The first-order valence-corrected chi connectivity index (χ1v) is 9.52. The van der Waals surface area contributed by atoms with Crippen LogP contribution < -0.4 is 5.32 Å². The van der Waals surface area contributed by atoms with Crippen LogP contribution >= 0.6 is 24.0 Å². The van der Waals surface area contributed by atoms with E-state index in [-0.39, 0.29) is 35.9 Å². The minimum absolute atomic E-state index is 0. The van der Waals surface area contributed by atoms with E-state index < -0.39 is 0 Å². The number of piperidine rings is 1. The van der Waals surface area contributed by atoms with Crippen LogP contribution in [0.4, 0.5) is 0 Å². The van der Waals surface area contributed by atoms with E-state index in [2.05, 4.69) is 17.1 Å². The molecule has 0 radical (unpaired) electrons. The number of hydrogen-bond acceptors (Lipinski definition) is 4. The number of guanidine groups is 1. The minimum Gasteiger partial charge on any atom is -0.466 e. The number of nitrogens with one attached hydrogen (secondary N) is 1. The fourth-order valence-electron chi connectivity index (χ4n) is 2.90. The third-order valence-electron chi connectivity index (χ3n) is 4.51. The maximum atomic E-state index is 11.8. The largest absolute Gasteiger partial charge is 0.466 e. The van der Waals surface area contributed by atoms with E-state index >= 15 is 0 Å². The molecule has 0 bridgehead atoms. The molecule has 2 rings (SSSR count). The average Bonchev–Trinajstić information content (AvgIpc) is 3.41. The van der Waals surface area contributed by atoms with Gasteiger partial charge in [-0.25, -0.2) is 0 Å². The second-order valence-electron chi connectivity index (χ2n) is 6.62. The van der Waals surface area contributed by atoms with Crippen LogP contribution in [0.25, 0.3) is 0 Å². The predicted molar refractivity (Wildman–Crippen MR) is 110 cm³/mol. The van der Waals surface area contributed by atoms with Gasteiger partial charge in [0, 0.05) is 39.4 Å². The molecule has 1 aliphatic heterocycles. The van der Waals surface area contributed by atoms with E-state index in [4.69, 9.17) is 14.5 Å². The minimum atomic E-state index is -0.0492. The molecule has 1 N–H and O–H groups in total. The zero-order chi connectivity index (χ0) is 17.2. The molecule has 0 aromatic rings. The van der Waals surface area contributed by atoms with Crippen molar-refractivity contribution in [3.05, 3.63) is 0 Å². The summed E-state index contributed by atoms with van der Waals surface area (Å²) in [5.41, 5.74) is 0. The van der Waals surface area contributed by atoms with E-state index in [0.29, 0.717) is 6.61 Å². The highest BCUT2D eigenvalue weighted by Crippen LogP contribution is 2.28. The number of ether oxygens (including phenoxy) is 2. The molecule has 1 saturated carbocycles. The fraction of sp³-hybridized carbons (Fsp3) is 0.889. The molecule has 2 fully saturated rings. The Bertz CT molecular complexity index is 408. The van der Waals surface area contributed by atoms with Crippen molar-refractivity contribution in [3.63, 3.8) is 0 Å². The third-order valence-corrected chi connectivity index (χ3v) is 4.51. The van der Waals surface area contributed by atoms with Crippen LogP contribution in [-0.2, 0) is 14.3 Å². The van der Waals surface area contributed by atoms with E-state index in [9.17, 15) is 4.79 Å². The van der Waals surface area contributed by atoms with Crippen LogP contribution in [-0.4, -0.2) is 62.8 Å². The van der Waals surface area contributed by atoms with Crippen LogP contribution in [0.2, 0.25) is 0 Å². The summed E-state index contributed by atoms with van der Waals surface area (Å²) in [5, 5.41) is 3.36. The van der Waals surface area contributed by atoms with Gasteiger partial charge in [-0.15, -0.1) is 24.0 Å². The maximum absolute atomic E-state index is 11.8. The molecule has 0 aromatic carbocycles. The standard InChI is InChI=1S/C18H33N3O3.HI/c1-3-19-18(20-10-5-13-23-14-15-6-7-15)21-11-8-16(9-12-21)17(22)24-4-2;/h15-16H,3-14H2,1-2H3,(H,19,20);1H. The number of likely N-dealkylation sites (tertiary alicyclic amines) is 1. The molecular formula is C18H34IN3O3. The lowest BCUT2D eigenvalue weighted by molar-refractivity contribution is -0.149. The van der Waals surface area contributed by atoms with Crippen LogP contribution in [0.1, 0.15) is 46.0 Å². The van der Waals surface area contributed by atoms with Crippen LogP contribution in [0.3, 0.4) is 0 Å². The summed E-state index contributed by atoms with van der Waals surface area (Å²) in [5.74, 6) is 1.78. The molecule has 0 unspecified atom stereocenters. The Hall–Kier alpha value is -0.570. The van der Waals surface area contributed by atoms with Crippen molar-refractivity contribution >= 4 is 35.9 Å². The molecule has 1 aliphatic carbocycles.